The molecule has 5 heteroatoms. The molecule has 3 rings (SSSR count). The quantitative estimate of drug-likeness (QED) is 0.471. The topological polar surface area (TPSA) is 56.7 Å². The zero-order chi connectivity index (χ0) is 16.8. The first-order chi connectivity index (χ1) is 11.8. The van der Waals surface area contributed by atoms with Gasteiger partial charge in [0.1, 0.15) is 0 Å². The summed E-state index contributed by atoms with van der Waals surface area (Å²) in [4.78, 5) is 19.0. The molecule has 5 nitrogen and oxygen atoms in total. The number of hydrogen-bond donors (Lipinski definition) is 2. The molecule has 24 heavy (non-hydrogen) atoms. The number of likely N-dealkylation sites (tertiary alicyclic amines) is 1. The van der Waals surface area contributed by atoms with E-state index in [0.29, 0.717) is 6.54 Å². The Morgan fingerprint density at radius 2 is 1.50 bits per heavy atom. The lowest BCUT2D eigenvalue weighted by molar-refractivity contribution is -0.125. The summed E-state index contributed by atoms with van der Waals surface area (Å²) in [5, 5.41) is 6.54. The molecular weight excluding hydrogens is 300 g/mol. The van der Waals surface area contributed by atoms with E-state index >= 15 is 0 Å². The maximum Gasteiger partial charge on any atom is 0.223 e. The maximum absolute atomic E-state index is 12.2. The van der Waals surface area contributed by atoms with Gasteiger partial charge in [0.2, 0.25) is 5.91 Å². The Morgan fingerprint density at radius 1 is 0.917 bits per heavy atom. The first-order valence-electron chi connectivity index (χ1n) is 10.0. The highest BCUT2D eigenvalue weighted by Crippen LogP contribution is 2.35. The fourth-order valence-corrected chi connectivity index (χ4v) is 4.78. The van der Waals surface area contributed by atoms with Crippen LogP contribution in [-0.4, -0.2) is 50.0 Å². The van der Waals surface area contributed by atoms with E-state index in [1.807, 2.05) is 7.05 Å². The lowest BCUT2D eigenvalue weighted by Crippen LogP contribution is -2.44. The molecule has 136 valence electrons. The van der Waals surface area contributed by atoms with Gasteiger partial charge < -0.3 is 15.5 Å². The largest absolute Gasteiger partial charge is 0.354 e. The van der Waals surface area contributed by atoms with Crippen molar-refractivity contribution in [2.45, 2.75) is 57.8 Å². The second-order valence-electron chi connectivity index (χ2n) is 7.81. The van der Waals surface area contributed by atoms with E-state index in [2.05, 4.69) is 20.5 Å². The molecule has 0 radical (unpaired) electrons. The van der Waals surface area contributed by atoms with Crippen LogP contribution in [0.4, 0.5) is 0 Å². The number of aliphatic imine (C=N–C) groups is 1. The molecule has 1 aliphatic heterocycles. The SMILES string of the molecule is CN=C(NCCNC(=O)C1CCCCC1)N1CC2CCCCC2C1. The minimum Gasteiger partial charge on any atom is -0.354 e. The summed E-state index contributed by atoms with van der Waals surface area (Å²) in [6, 6.07) is 0. The number of guanidine groups is 1. The lowest BCUT2D eigenvalue weighted by atomic mass is 9.82. The first-order valence-corrected chi connectivity index (χ1v) is 10.0. The van der Waals surface area contributed by atoms with E-state index in [-0.39, 0.29) is 11.8 Å². The summed E-state index contributed by atoms with van der Waals surface area (Å²) >= 11 is 0. The normalized spacial score (nSPS) is 28.5. The molecule has 2 saturated carbocycles. The third-order valence-electron chi connectivity index (χ3n) is 6.17. The van der Waals surface area contributed by atoms with Crippen molar-refractivity contribution in [3.05, 3.63) is 0 Å². The van der Waals surface area contributed by atoms with Crippen molar-refractivity contribution in [1.29, 1.82) is 0 Å². The Balaban J connectivity index is 1.36. The van der Waals surface area contributed by atoms with Gasteiger partial charge in [0.05, 0.1) is 0 Å². The molecule has 2 aliphatic carbocycles. The standard InChI is InChI=1S/C19H34N4O/c1-20-19(23-13-16-9-5-6-10-17(16)14-23)22-12-11-21-18(24)15-7-3-2-4-8-15/h15-17H,2-14H2,1H3,(H,20,22)(H,21,24). The summed E-state index contributed by atoms with van der Waals surface area (Å²) in [5.74, 6) is 3.24. The van der Waals surface area contributed by atoms with Crippen LogP contribution in [0.3, 0.4) is 0 Å². The van der Waals surface area contributed by atoms with Crippen LogP contribution in [0.5, 0.6) is 0 Å². The van der Waals surface area contributed by atoms with Crippen LogP contribution in [0, 0.1) is 17.8 Å². The number of nitrogens with one attached hydrogen (secondary N) is 2. The average Bonchev–Trinajstić information content (AvgIpc) is 3.06. The van der Waals surface area contributed by atoms with Crippen LogP contribution in [0.25, 0.3) is 0 Å². The average molecular weight is 335 g/mol. The van der Waals surface area contributed by atoms with Gasteiger partial charge in [0.15, 0.2) is 5.96 Å². The zero-order valence-corrected chi connectivity index (χ0v) is 15.2. The molecule has 0 spiro atoms. The molecule has 0 aromatic carbocycles. The van der Waals surface area contributed by atoms with Crippen molar-refractivity contribution >= 4 is 11.9 Å². The van der Waals surface area contributed by atoms with Crippen molar-refractivity contribution in [1.82, 2.24) is 15.5 Å². The molecule has 1 amide bonds. The van der Waals surface area contributed by atoms with Gasteiger partial charge in [-0.2, -0.15) is 0 Å². The molecule has 0 aromatic rings. The van der Waals surface area contributed by atoms with Crippen LogP contribution in [0.1, 0.15) is 57.8 Å². The van der Waals surface area contributed by atoms with Crippen molar-refractivity contribution in [2.75, 3.05) is 33.2 Å². The predicted octanol–water partition coefficient (Wildman–Crippen LogP) is 2.38. The van der Waals surface area contributed by atoms with Crippen LogP contribution < -0.4 is 10.6 Å². The minimum atomic E-state index is 0.249. The summed E-state index contributed by atoms with van der Waals surface area (Å²) in [6.45, 7) is 3.75. The molecule has 1 heterocycles. The highest BCUT2D eigenvalue weighted by atomic mass is 16.1. The lowest BCUT2D eigenvalue weighted by Gasteiger charge is -2.23. The molecule has 2 atom stereocenters. The van der Waals surface area contributed by atoms with Crippen molar-refractivity contribution in [3.8, 4) is 0 Å². The van der Waals surface area contributed by atoms with Gasteiger partial charge in [-0.25, -0.2) is 0 Å². The fraction of sp³-hybridized carbons (Fsp3) is 0.895. The summed E-state index contributed by atoms with van der Waals surface area (Å²) in [6.07, 6.45) is 11.4. The summed E-state index contributed by atoms with van der Waals surface area (Å²) < 4.78 is 0. The highest BCUT2D eigenvalue weighted by Gasteiger charge is 2.35. The smallest absolute Gasteiger partial charge is 0.223 e. The van der Waals surface area contributed by atoms with E-state index < -0.39 is 0 Å². The minimum absolute atomic E-state index is 0.249. The van der Waals surface area contributed by atoms with Gasteiger partial charge in [-0.1, -0.05) is 32.1 Å². The van der Waals surface area contributed by atoms with Crippen molar-refractivity contribution in [3.63, 3.8) is 0 Å². The number of rotatable bonds is 4. The number of hydrogen-bond acceptors (Lipinski definition) is 2. The van der Waals surface area contributed by atoms with E-state index in [9.17, 15) is 4.79 Å². The van der Waals surface area contributed by atoms with Crippen molar-refractivity contribution < 1.29 is 4.79 Å². The van der Waals surface area contributed by atoms with E-state index in [1.165, 1.54) is 44.9 Å². The number of carbonyl (C=O) groups is 1. The maximum atomic E-state index is 12.2. The third-order valence-corrected chi connectivity index (χ3v) is 6.17. The molecular formula is C19H34N4O. The van der Waals surface area contributed by atoms with E-state index in [4.69, 9.17) is 0 Å². The van der Waals surface area contributed by atoms with Crippen LogP contribution >= 0.6 is 0 Å². The van der Waals surface area contributed by atoms with Gasteiger partial charge in [-0.15, -0.1) is 0 Å². The molecule has 3 aliphatic rings. The Hall–Kier alpha value is -1.26. The number of nitrogens with zero attached hydrogens (tertiary/aromatic N) is 2. The van der Waals surface area contributed by atoms with E-state index in [0.717, 1.165) is 50.3 Å². The van der Waals surface area contributed by atoms with Crippen molar-refractivity contribution in [2.24, 2.45) is 22.7 Å². The van der Waals surface area contributed by atoms with Gasteiger partial charge in [-0.3, -0.25) is 9.79 Å². The van der Waals surface area contributed by atoms with Gasteiger partial charge in [-0.05, 0) is 37.5 Å². The van der Waals surface area contributed by atoms with Crippen LogP contribution in [0.2, 0.25) is 0 Å². The van der Waals surface area contributed by atoms with Gasteiger partial charge in [0, 0.05) is 39.1 Å². The molecule has 2 unspecified atom stereocenters. The molecule has 3 fully saturated rings. The monoisotopic (exact) mass is 334 g/mol. The number of carbonyl (C=O) groups excluding carboxylic acids is 1. The Labute approximate surface area is 146 Å². The Kier molecular flexibility index (Phi) is 6.38. The molecule has 1 saturated heterocycles. The van der Waals surface area contributed by atoms with Crippen LogP contribution in [0.15, 0.2) is 4.99 Å². The van der Waals surface area contributed by atoms with Gasteiger partial charge in [0.25, 0.3) is 0 Å². The third kappa shape index (κ3) is 4.42. The Bertz CT molecular complexity index is 431. The molecule has 2 N–H and O–H groups in total. The van der Waals surface area contributed by atoms with E-state index in [1.54, 1.807) is 0 Å². The first kappa shape index (κ1) is 17.6. The fourth-order valence-electron chi connectivity index (χ4n) is 4.78. The summed E-state index contributed by atoms with van der Waals surface area (Å²) in [7, 11) is 1.87. The molecule has 0 aromatic heterocycles. The second kappa shape index (κ2) is 8.72. The number of amides is 1. The van der Waals surface area contributed by atoms with Gasteiger partial charge >= 0.3 is 0 Å². The second-order valence-corrected chi connectivity index (χ2v) is 7.81. The molecule has 0 bridgehead atoms. The predicted molar refractivity (Wildman–Crippen MR) is 98.0 cm³/mol. The Morgan fingerprint density at radius 3 is 2.12 bits per heavy atom. The zero-order valence-electron chi connectivity index (χ0n) is 15.2. The number of fused-ring (bicyclic) bond motifs is 1. The van der Waals surface area contributed by atoms with Crippen LogP contribution in [-0.2, 0) is 4.79 Å². The highest BCUT2D eigenvalue weighted by molar-refractivity contribution is 5.80. The summed E-state index contributed by atoms with van der Waals surface area (Å²) in [5.41, 5.74) is 0.